The van der Waals surface area contributed by atoms with E-state index in [-0.39, 0.29) is 18.4 Å². The lowest BCUT2D eigenvalue weighted by Gasteiger charge is -2.29. The molecule has 0 spiro atoms. The molecule has 1 aliphatic rings. The lowest BCUT2D eigenvalue weighted by Crippen LogP contribution is -2.44. The Kier molecular flexibility index (Phi) is 6.47. The molecule has 1 aromatic carbocycles. The van der Waals surface area contributed by atoms with E-state index < -0.39 is 11.7 Å². The van der Waals surface area contributed by atoms with Crippen molar-refractivity contribution in [2.75, 3.05) is 18.0 Å². The smallest absolute Gasteiger partial charge is 0.410 e. The van der Waals surface area contributed by atoms with E-state index in [9.17, 15) is 9.59 Å². The van der Waals surface area contributed by atoms with Crippen LogP contribution in [0.5, 0.6) is 0 Å². The first-order valence-electron chi connectivity index (χ1n) is 11.0. The highest BCUT2D eigenvalue weighted by atomic mass is 32.1. The molecule has 3 heterocycles. The molecular formula is C25H28N4O3S. The van der Waals surface area contributed by atoms with Crippen molar-refractivity contribution in [3.8, 4) is 21.7 Å². The van der Waals surface area contributed by atoms with Crippen molar-refractivity contribution in [2.24, 2.45) is 0 Å². The van der Waals surface area contributed by atoms with Crippen molar-refractivity contribution >= 4 is 28.5 Å². The van der Waals surface area contributed by atoms with Crippen LogP contribution in [0.25, 0.3) is 21.7 Å². The van der Waals surface area contributed by atoms with Crippen LogP contribution in [0.15, 0.2) is 54.9 Å². The Bertz CT molecular complexity index is 1070. The number of anilines is 1. The molecule has 1 atom stereocenters. The third-order valence-electron chi connectivity index (χ3n) is 5.25. The number of amides is 2. The van der Waals surface area contributed by atoms with Crippen molar-refractivity contribution in [2.45, 2.75) is 45.8 Å². The average molecular weight is 465 g/mol. The second kappa shape index (κ2) is 9.31. The maximum atomic E-state index is 13.2. The Labute approximate surface area is 198 Å². The highest BCUT2D eigenvalue weighted by Gasteiger charge is 2.34. The molecule has 1 fully saturated rings. The number of hydrogen-bond acceptors (Lipinski definition) is 6. The standard InChI is InChI=1S/C25H28N4O3S/c1-17-16-28(24(31)32-25(2,3)4)15-12-20(30)29(17)23-27-21(18-8-6-5-7-9-18)22(33-23)19-10-13-26-14-11-19/h5-11,13-14,17H,12,15-16H2,1-4H3. The topological polar surface area (TPSA) is 75.6 Å². The number of benzene rings is 1. The van der Waals surface area contributed by atoms with Gasteiger partial charge in [-0.2, -0.15) is 0 Å². The zero-order valence-corrected chi connectivity index (χ0v) is 20.1. The van der Waals surface area contributed by atoms with Gasteiger partial charge < -0.3 is 9.64 Å². The predicted octanol–water partition coefficient (Wildman–Crippen LogP) is 5.23. The van der Waals surface area contributed by atoms with Crippen LogP contribution in [-0.4, -0.2) is 51.6 Å². The van der Waals surface area contributed by atoms with Crippen molar-refractivity contribution in [1.82, 2.24) is 14.9 Å². The molecule has 0 N–H and O–H groups in total. The third kappa shape index (κ3) is 5.22. The second-order valence-corrected chi connectivity index (χ2v) is 10.0. The van der Waals surface area contributed by atoms with Crippen molar-refractivity contribution in [3.05, 3.63) is 54.9 Å². The molecule has 3 aromatic rings. The van der Waals surface area contributed by atoms with Crippen LogP contribution in [0, 0.1) is 0 Å². The molecule has 8 heteroatoms. The Hall–Kier alpha value is -3.26. The SMILES string of the molecule is CC1CN(C(=O)OC(C)(C)C)CCC(=O)N1c1nc(-c2ccccc2)c(-c2ccncc2)s1. The first-order chi connectivity index (χ1) is 15.7. The van der Waals surface area contributed by atoms with E-state index in [4.69, 9.17) is 9.72 Å². The maximum absolute atomic E-state index is 13.2. The van der Waals surface area contributed by atoms with Gasteiger partial charge >= 0.3 is 6.09 Å². The summed E-state index contributed by atoms with van der Waals surface area (Å²) in [5, 5.41) is 0.629. The first-order valence-corrected chi connectivity index (χ1v) is 11.8. The second-order valence-electron chi connectivity index (χ2n) is 9.07. The van der Waals surface area contributed by atoms with Gasteiger partial charge in [0.1, 0.15) is 5.60 Å². The molecule has 0 saturated carbocycles. The summed E-state index contributed by atoms with van der Waals surface area (Å²) in [4.78, 5) is 39.2. The van der Waals surface area contributed by atoms with Crippen LogP contribution in [0.1, 0.15) is 34.1 Å². The Morgan fingerprint density at radius 2 is 1.79 bits per heavy atom. The molecular weight excluding hydrogens is 436 g/mol. The van der Waals surface area contributed by atoms with E-state index in [0.29, 0.717) is 18.2 Å². The Morgan fingerprint density at radius 1 is 1.09 bits per heavy atom. The van der Waals surface area contributed by atoms with Crippen LogP contribution in [0.2, 0.25) is 0 Å². The van der Waals surface area contributed by atoms with E-state index in [1.165, 1.54) is 11.3 Å². The lowest BCUT2D eigenvalue weighted by atomic mass is 10.1. The number of pyridine rings is 1. The molecule has 4 rings (SSSR count). The molecule has 1 saturated heterocycles. The van der Waals surface area contributed by atoms with Crippen molar-refractivity contribution in [3.63, 3.8) is 0 Å². The maximum Gasteiger partial charge on any atom is 0.410 e. The largest absolute Gasteiger partial charge is 0.444 e. The molecule has 0 bridgehead atoms. The van der Waals surface area contributed by atoms with Crippen molar-refractivity contribution < 1.29 is 14.3 Å². The highest BCUT2D eigenvalue weighted by molar-refractivity contribution is 7.19. The summed E-state index contributed by atoms with van der Waals surface area (Å²) in [5.41, 5.74) is 2.22. The van der Waals surface area contributed by atoms with Gasteiger partial charge in [-0.15, -0.1) is 0 Å². The van der Waals surface area contributed by atoms with E-state index in [2.05, 4.69) is 4.98 Å². The van der Waals surface area contributed by atoms with Gasteiger partial charge in [0, 0.05) is 37.5 Å². The number of rotatable bonds is 3. The minimum Gasteiger partial charge on any atom is -0.444 e. The summed E-state index contributed by atoms with van der Waals surface area (Å²) >= 11 is 1.48. The Morgan fingerprint density at radius 3 is 2.45 bits per heavy atom. The summed E-state index contributed by atoms with van der Waals surface area (Å²) in [6.07, 6.45) is 3.32. The summed E-state index contributed by atoms with van der Waals surface area (Å²) in [5.74, 6) is -0.0526. The number of nitrogens with zero attached hydrogens (tertiary/aromatic N) is 4. The summed E-state index contributed by atoms with van der Waals surface area (Å²) in [7, 11) is 0. The normalized spacial score (nSPS) is 17.1. The van der Waals surface area contributed by atoms with Gasteiger partial charge in [0.25, 0.3) is 0 Å². The minimum absolute atomic E-state index is 0.0526. The van der Waals surface area contributed by atoms with Gasteiger partial charge in [-0.25, -0.2) is 9.78 Å². The average Bonchev–Trinajstić information content (AvgIpc) is 3.15. The van der Waals surface area contributed by atoms with Crippen molar-refractivity contribution in [1.29, 1.82) is 0 Å². The first kappa shape index (κ1) is 22.9. The minimum atomic E-state index is -0.588. The monoisotopic (exact) mass is 464 g/mol. The number of hydrogen-bond donors (Lipinski definition) is 0. The van der Waals surface area contributed by atoms with E-state index in [1.807, 2.05) is 70.2 Å². The van der Waals surface area contributed by atoms with Gasteiger partial charge in [0.2, 0.25) is 5.91 Å². The summed E-state index contributed by atoms with van der Waals surface area (Å²) in [6, 6.07) is 13.6. The number of carbonyl (C=O) groups excluding carboxylic acids is 2. The van der Waals surface area contributed by atoms with E-state index in [1.54, 1.807) is 22.2 Å². The van der Waals surface area contributed by atoms with Gasteiger partial charge in [-0.3, -0.25) is 14.7 Å². The van der Waals surface area contributed by atoms with E-state index in [0.717, 1.165) is 21.7 Å². The van der Waals surface area contributed by atoms with Crippen LogP contribution in [0.4, 0.5) is 9.93 Å². The van der Waals surface area contributed by atoms with Crippen LogP contribution in [0.3, 0.4) is 0 Å². The lowest BCUT2D eigenvalue weighted by molar-refractivity contribution is -0.118. The Balaban J connectivity index is 1.69. The van der Waals surface area contributed by atoms with Gasteiger partial charge in [-0.05, 0) is 45.4 Å². The zero-order valence-electron chi connectivity index (χ0n) is 19.3. The predicted molar refractivity (Wildman–Crippen MR) is 130 cm³/mol. The quantitative estimate of drug-likeness (QED) is 0.530. The molecule has 2 aromatic heterocycles. The fraction of sp³-hybridized carbons (Fsp3) is 0.360. The fourth-order valence-electron chi connectivity index (χ4n) is 3.78. The van der Waals surface area contributed by atoms with Crippen LogP contribution >= 0.6 is 11.3 Å². The molecule has 0 aliphatic carbocycles. The fourth-order valence-corrected chi connectivity index (χ4v) is 4.99. The summed E-state index contributed by atoms with van der Waals surface area (Å²) in [6.45, 7) is 8.16. The van der Waals surface area contributed by atoms with Crippen LogP contribution in [-0.2, 0) is 9.53 Å². The molecule has 33 heavy (non-hydrogen) atoms. The summed E-state index contributed by atoms with van der Waals surface area (Å²) < 4.78 is 5.53. The van der Waals surface area contributed by atoms with E-state index >= 15 is 0 Å². The molecule has 0 radical (unpaired) electrons. The van der Waals surface area contributed by atoms with Crippen LogP contribution < -0.4 is 4.90 Å². The zero-order chi connectivity index (χ0) is 23.6. The molecule has 1 aliphatic heterocycles. The molecule has 7 nitrogen and oxygen atoms in total. The molecule has 1 unspecified atom stereocenters. The van der Waals surface area contributed by atoms with Gasteiger partial charge in [0.15, 0.2) is 5.13 Å². The van der Waals surface area contributed by atoms with Gasteiger partial charge in [0.05, 0.1) is 16.6 Å². The number of carbonyl (C=O) groups is 2. The number of aromatic nitrogens is 2. The highest BCUT2D eigenvalue weighted by Crippen LogP contribution is 2.41. The third-order valence-corrected chi connectivity index (χ3v) is 6.36. The number of ether oxygens (including phenoxy) is 1. The van der Waals surface area contributed by atoms with Gasteiger partial charge in [-0.1, -0.05) is 41.7 Å². The molecule has 172 valence electrons. The number of thiazole rings is 1. The molecule has 2 amide bonds.